The highest BCUT2D eigenvalue weighted by Crippen LogP contribution is 2.11. The summed E-state index contributed by atoms with van der Waals surface area (Å²) in [4.78, 5) is 18.4. The Morgan fingerprint density at radius 2 is 2.42 bits per heavy atom. The Hall–Kier alpha value is -1.62. The van der Waals surface area contributed by atoms with Crippen LogP contribution >= 0.6 is 0 Å². The maximum absolute atomic E-state index is 12.4. The number of carbonyl (C=O) groups is 1. The van der Waals surface area contributed by atoms with Crippen molar-refractivity contribution in [3.05, 3.63) is 24.0 Å². The maximum Gasteiger partial charge on any atom is 0.272 e. The maximum atomic E-state index is 12.4. The van der Waals surface area contributed by atoms with Gasteiger partial charge in [-0.2, -0.15) is 0 Å². The summed E-state index contributed by atoms with van der Waals surface area (Å²) in [5, 5.41) is 3.16. The van der Waals surface area contributed by atoms with Gasteiger partial charge < -0.3 is 15.0 Å². The third kappa shape index (κ3) is 3.67. The number of amides is 1. The first kappa shape index (κ1) is 13.8. The fourth-order valence-electron chi connectivity index (χ4n) is 2.17. The molecule has 2 rings (SSSR count). The number of aromatic nitrogens is 1. The van der Waals surface area contributed by atoms with E-state index in [9.17, 15) is 4.79 Å². The number of nitrogens with one attached hydrogen (secondary N) is 1. The molecule has 2 heterocycles. The number of nitrogens with zero attached hydrogens (tertiary/aromatic N) is 2. The monoisotopic (exact) mass is 263 g/mol. The molecular weight excluding hydrogens is 242 g/mol. The molecule has 1 fully saturated rings. The van der Waals surface area contributed by atoms with E-state index in [1.165, 1.54) is 0 Å². The van der Waals surface area contributed by atoms with E-state index in [1.807, 2.05) is 24.8 Å². The molecule has 1 aromatic heterocycles. The van der Waals surface area contributed by atoms with Crippen LogP contribution in [-0.2, 0) is 4.74 Å². The lowest BCUT2D eigenvalue weighted by molar-refractivity contribution is 0.0559. The van der Waals surface area contributed by atoms with E-state index in [0.29, 0.717) is 12.2 Å². The number of hydrogen-bond acceptors (Lipinski definition) is 4. The summed E-state index contributed by atoms with van der Waals surface area (Å²) in [5.74, 6) is -0.0135. The molecule has 1 aromatic rings. The molecule has 0 spiro atoms. The van der Waals surface area contributed by atoms with Crippen LogP contribution in [0.1, 0.15) is 30.8 Å². The zero-order chi connectivity index (χ0) is 13.7. The summed E-state index contributed by atoms with van der Waals surface area (Å²) in [6.45, 7) is 6.95. The molecular formula is C14H21N3O2. The molecule has 5 nitrogen and oxygen atoms in total. The zero-order valence-corrected chi connectivity index (χ0v) is 11.6. The molecule has 0 saturated carbocycles. The van der Waals surface area contributed by atoms with Crippen molar-refractivity contribution in [2.24, 2.45) is 0 Å². The van der Waals surface area contributed by atoms with Crippen LogP contribution in [-0.4, -0.2) is 48.1 Å². The van der Waals surface area contributed by atoms with Gasteiger partial charge in [0, 0.05) is 26.2 Å². The summed E-state index contributed by atoms with van der Waals surface area (Å²) in [7, 11) is 0. The van der Waals surface area contributed by atoms with Gasteiger partial charge in [-0.15, -0.1) is 0 Å². The topological polar surface area (TPSA) is 54.5 Å². The van der Waals surface area contributed by atoms with Crippen molar-refractivity contribution in [1.82, 2.24) is 9.88 Å². The predicted molar refractivity (Wildman–Crippen MR) is 74.3 cm³/mol. The summed E-state index contributed by atoms with van der Waals surface area (Å²) >= 11 is 0. The summed E-state index contributed by atoms with van der Waals surface area (Å²) in [6, 6.07) is 3.66. The van der Waals surface area contributed by atoms with Crippen LogP contribution in [0.5, 0.6) is 0 Å². The number of anilines is 1. The Balaban J connectivity index is 2.05. The lowest BCUT2D eigenvalue weighted by Crippen LogP contribution is -2.36. The molecule has 1 atom stereocenters. The predicted octanol–water partition coefficient (Wildman–Crippen LogP) is 1.76. The van der Waals surface area contributed by atoms with Gasteiger partial charge in [-0.1, -0.05) is 0 Å². The van der Waals surface area contributed by atoms with Crippen LogP contribution < -0.4 is 5.32 Å². The van der Waals surface area contributed by atoms with Crippen LogP contribution in [0.25, 0.3) is 0 Å². The molecule has 1 amide bonds. The molecule has 104 valence electrons. The Kier molecular flexibility index (Phi) is 4.74. The Bertz CT molecular complexity index is 419. The third-order valence-corrected chi connectivity index (χ3v) is 3.10. The summed E-state index contributed by atoms with van der Waals surface area (Å²) in [6.07, 6.45) is 2.67. The average Bonchev–Trinajstić information content (AvgIpc) is 2.64. The van der Waals surface area contributed by atoms with Crippen LogP contribution in [0.4, 0.5) is 5.69 Å². The van der Waals surface area contributed by atoms with Crippen molar-refractivity contribution < 1.29 is 9.53 Å². The van der Waals surface area contributed by atoms with E-state index in [-0.39, 0.29) is 12.0 Å². The molecule has 0 radical (unpaired) electrons. The van der Waals surface area contributed by atoms with E-state index in [2.05, 4.69) is 10.3 Å². The first-order valence-corrected chi connectivity index (χ1v) is 6.81. The molecule has 5 heteroatoms. The minimum atomic E-state index is -0.0135. The van der Waals surface area contributed by atoms with E-state index >= 15 is 0 Å². The molecule has 1 aliphatic rings. The third-order valence-electron chi connectivity index (χ3n) is 3.10. The normalized spacial score (nSPS) is 19.9. The fraction of sp³-hybridized carbons (Fsp3) is 0.571. The molecule has 1 saturated heterocycles. The second-order valence-electron chi connectivity index (χ2n) is 4.75. The number of ether oxygens (including phenoxy) is 1. The molecule has 19 heavy (non-hydrogen) atoms. The number of carbonyl (C=O) groups excluding carboxylic acids is 1. The largest absolute Gasteiger partial charge is 0.384 e. The second kappa shape index (κ2) is 6.52. The SMILES string of the molecule is CCNc1ccc(C(=O)N2CCCOC(C)C2)nc1. The van der Waals surface area contributed by atoms with Crippen LogP contribution in [0.15, 0.2) is 18.3 Å². The number of hydrogen-bond donors (Lipinski definition) is 1. The van der Waals surface area contributed by atoms with Crippen molar-refractivity contribution in [3.63, 3.8) is 0 Å². The summed E-state index contributed by atoms with van der Waals surface area (Å²) in [5.41, 5.74) is 1.43. The van der Waals surface area contributed by atoms with Gasteiger partial charge in [-0.05, 0) is 32.4 Å². The van der Waals surface area contributed by atoms with Gasteiger partial charge in [0.1, 0.15) is 5.69 Å². The van der Waals surface area contributed by atoms with Crippen LogP contribution in [0.2, 0.25) is 0 Å². The van der Waals surface area contributed by atoms with Gasteiger partial charge in [0.15, 0.2) is 0 Å². The molecule has 1 unspecified atom stereocenters. The van der Waals surface area contributed by atoms with Crippen LogP contribution in [0, 0.1) is 0 Å². The first-order valence-electron chi connectivity index (χ1n) is 6.81. The highest BCUT2D eigenvalue weighted by Gasteiger charge is 2.21. The number of rotatable bonds is 3. The van der Waals surface area contributed by atoms with Gasteiger partial charge >= 0.3 is 0 Å². The lowest BCUT2D eigenvalue weighted by Gasteiger charge is -2.21. The Labute approximate surface area is 114 Å². The minimum Gasteiger partial charge on any atom is -0.384 e. The smallest absolute Gasteiger partial charge is 0.272 e. The quantitative estimate of drug-likeness (QED) is 0.903. The van der Waals surface area contributed by atoms with Gasteiger partial charge in [0.05, 0.1) is 18.0 Å². The first-order chi connectivity index (χ1) is 9.20. The fourth-order valence-corrected chi connectivity index (χ4v) is 2.17. The lowest BCUT2D eigenvalue weighted by atomic mass is 10.2. The summed E-state index contributed by atoms with van der Waals surface area (Å²) < 4.78 is 5.55. The van der Waals surface area contributed by atoms with Gasteiger partial charge in [0.2, 0.25) is 0 Å². The minimum absolute atomic E-state index is 0.0135. The molecule has 0 aromatic carbocycles. The Morgan fingerprint density at radius 1 is 1.58 bits per heavy atom. The zero-order valence-electron chi connectivity index (χ0n) is 11.6. The van der Waals surface area contributed by atoms with E-state index in [1.54, 1.807) is 12.3 Å². The van der Waals surface area contributed by atoms with E-state index in [4.69, 9.17) is 4.74 Å². The van der Waals surface area contributed by atoms with E-state index < -0.39 is 0 Å². The van der Waals surface area contributed by atoms with E-state index in [0.717, 1.165) is 31.8 Å². The average molecular weight is 263 g/mol. The number of pyridine rings is 1. The van der Waals surface area contributed by atoms with Crippen molar-refractivity contribution in [3.8, 4) is 0 Å². The van der Waals surface area contributed by atoms with Crippen molar-refractivity contribution in [2.45, 2.75) is 26.4 Å². The van der Waals surface area contributed by atoms with Gasteiger partial charge in [0.25, 0.3) is 5.91 Å². The van der Waals surface area contributed by atoms with Gasteiger partial charge in [-0.3, -0.25) is 4.79 Å². The molecule has 1 N–H and O–H groups in total. The van der Waals surface area contributed by atoms with Gasteiger partial charge in [-0.25, -0.2) is 4.98 Å². The highest BCUT2D eigenvalue weighted by atomic mass is 16.5. The second-order valence-corrected chi connectivity index (χ2v) is 4.75. The van der Waals surface area contributed by atoms with Crippen molar-refractivity contribution in [1.29, 1.82) is 0 Å². The van der Waals surface area contributed by atoms with Crippen LogP contribution in [0.3, 0.4) is 0 Å². The molecule has 0 bridgehead atoms. The standard InChI is InChI=1S/C14H21N3O2/c1-3-15-12-5-6-13(16-9-12)14(18)17-7-4-8-19-11(2)10-17/h5-6,9,11,15H,3-4,7-8,10H2,1-2H3. The molecule has 0 aliphatic carbocycles. The van der Waals surface area contributed by atoms with Crippen molar-refractivity contribution in [2.75, 3.05) is 31.6 Å². The molecule has 1 aliphatic heterocycles. The van der Waals surface area contributed by atoms with Crippen molar-refractivity contribution >= 4 is 11.6 Å². The highest BCUT2D eigenvalue weighted by molar-refractivity contribution is 5.92. The Morgan fingerprint density at radius 3 is 3.11 bits per heavy atom.